The first-order chi connectivity index (χ1) is 15.5. The molecule has 0 saturated heterocycles. The standard InChI is InChI=1S/C24H22ClN3O4/c25-19-7-4-8-21(15-19)32-16-22(29)28-20-11-9-18(10-12-20)24(31)27-14-13-26-23(30)17-5-2-1-3-6-17/h1-12,15H,13-14,16H2,(H,26,30)(H,27,31)(H,28,29). The van der Waals surface area contributed by atoms with E-state index in [0.29, 0.717) is 34.1 Å². The Balaban J connectivity index is 1.39. The Kier molecular flexibility index (Phi) is 8.22. The normalized spacial score (nSPS) is 10.2. The topological polar surface area (TPSA) is 96.5 Å². The number of halogens is 1. The van der Waals surface area contributed by atoms with Crippen LogP contribution in [0.2, 0.25) is 5.02 Å². The van der Waals surface area contributed by atoms with Gasteiger partial charge < -0.3 is 20.7 Å². The zero-order valence-corrected chi connectivity index (χ0v) is 17.9. The van der Waals surface area contributed by atoms with E-state index in [1.165, 1.54) is 0 Å². The number of nitrogens with one attached hydrogen (secondary N) is 3. The predicted molar refractivity (Wildman–Crippen MR) is 123 cm³/mol. The van der Waals surface area contributed by atoms with Crippen LogP contribution in [0.15, 0.2) is 78.9 Å². The molecular formula is C24H22ClN3O4. The molecule has 0 aliphatic carbocycles. The summed E-state index contributed by atoms with van der Waals surface area (Å²) in [4.78, 5) is 36.2. The number of hydrogen-bond acceptors (Lipinski definition) is 4. The number of rotatable bonds is 9. The summed E-state index contributed by atoms with van der Waals surface area (Å²) in [5.74, 6) is -0.309. The number of amides is 3. The minimum absolute atomic E-state index is 0.169. The van der Waals surface area contributed by atoms with Gasteiger partial charge in [-0.2, -0.15) is 0 Å². The largest absolute Gasteiger partial charge is 0.484 e. The highest BCUT2D eigenvalue weighted by molar-refractivity contribution is 6.30. The Morgan fingerprint density at radius 2 is 1.38 bits per heavy atom. The first-order valence-electron chi connectivity index (χ1n) is 9.91. The molecule has 3 aromatic carbocycles. The van der Waals surface area contributed by atoms with Crippen molar-refractivity contribution in [2.45, 2.75) is 0 Å². The first kappa shape index (κ1) is 22.8. The van der Waals surface area contributed by atoms with Gasteiger partial charge in [0.1, 0.15) is 5.75 Å². The van der Waals surface area contributed by atoms with Gasteiger partial charge in [-0.15, -0.1) is 0 Å². The van der Waals surface area contributed by atoms with Crippen LogP contribution in [0.25, 0.3) is 0 Å². The Bertz CT molecular complexity index is 1070. The molecule has 3 N–H and O–H groups in total. The van der Waals surface area contributed by atoms with E-state index in [0.717, 1.165) is 0 Å². The molecule has 3 amide bonds. The van der Waals surface area contributed by atoms with Crippen LogP contribution < -0.4 is 20.7 Å². The Hall–Kier alpha value is -3.84. The Morgan fingerprint density at radius 3 is 2.00 bits per heavy atom. The Labute approximate surface area is 190 Å². The van der Waals surface area contributed by atoms with Gasteiger partial charge in [-0.05, 0) is 54.6 Å². The molecule has 0 spiro atoms. The van der Waals surface area contributed by atoms with Gasteiger partial charge >= 0.3 is 0 Å². The smallest absolute Gasteiger partial charge is 0.262 e. The third-order valence-electron chi connectivity index (χ3n) is 4.33. The molecule has 0 aromatic heterocycles. The van der Waals surface area contributed by atoms with E-state index in [4.69, 9.17) is 16.3 Å². The second-order valence-corrected chi connectivity index (χ2v) is 7.19. The highest BCUT2D eigenvalue weighted by Crippen LogP contribution is 2.17. The fourth-order valence-corrected chi connectivity index (χ4v) is 2.93. The monoisotopic (exact) mass is 451 g/mol. The van der Waals surface area contributed by atoms with Crippen LogP contribution in [-0.2, 0) is 4.79 Å². The van der Waals surface area contributed by atoms with E-state index in [-0.39, 0.29) is 30.9 Å². The van der Waals surface area contributed by atoms with Gasteiger partial charge in [-0.25, -0.2) is 0 Å². The fraction of sp³-hybridized carbons (Fsp3) is 0.125. The number of anilines is 1. The van der Waals surface area contributed by atoms with Gasteiger partial charge in [0.15, 0.2) is 6.61 Å². The molecule has 3 aromatic rings. The van der Waals surface area contributed by atoms with E-state index < -0.39 is 0 Å². The van der Waals surface area contributed by atoms with Crippen molar-refractivity contribution in [3.63, 3.8) is 0 Å². The minimum atomic E-state index is -0.337. The van der Waals surface area contributed by atoms with Crippen LogP contribution in [0.3, 0.4) is 0 Å². The number of carbonyl (C=O) groups is 3. The summed E-state index contributed by atoms with van der Waals surface area (Å²) in [7, 11) is 0. The second-order valence-electron chi connectivity index (χ2n) is 6.75. The van der Waals surface area contributed by atoms with Crippen molar-refractivity contribution >= 4 is 35.0 Å². The molecule has 164 valence electrons. The van der Waals surface area contributed by atoms with Gasteiger partial charge in [0.05, 0.1) is 0 Å². The lowest BCUT2D eigenvalue weighted by atomic mass is 10.2. The summed E-state index contributed by atoms with van der Waals surface area (Å²) in [6.07, 6.45) is 0. The molecule has 0 radical (unpaired) electrons. The maximum atomic E-state index is 12.2. The first-order valence-corrected chi connectivity index (χ1v) is 10.3. The summed E-state index contributed by atoms with van der Waals surface area (Å²) >= 11 is 5.88. The molecule has 8 heteroatoms. The zero-order chi connectivity index (χ0) is 22.8. The number of hydrogen-bond donors (Lipinski definition) is 3. The van der Waals surface area contributed by atoms with Gasteiger partial charge in [-0.1, -0.05) is 35.9 Å². The van der Waals surface area contributed by atoms with Crippen molar-refractivity contribution in [3.8, 4) is 5.75 Å². The van der Waals surface area contributed by atoms with Crippen LogP contribution >= 0.6 is 11.6 Å². The van der Waals surface area contributed by atoms with Crippen LogP contribution in [0, 0.1) is 0 Å². The molecule has 0 bridgehead atoms. The molecular weight excluding hydrogens is 430 g/mol. The van der Waals surface area contributed by atoms with Crippen molar-refractivity contribution in [3.05, 3.63) is 95.0 Å². The SMILES string of the molecule is O=C(COc1cccc(Cl)c1)Nc1ccc(C(=O)NCCNC(=O)c2ccccc2)cc1. The van der Waals surface area contributed by atoms with Gasteiger partial charge in [0, 0.05) is 34.9 Å². The van der Waals surface area contributed by atoms with Gasteiger partial charge in [0.2, 0.25) is 0 Å². The molecule has 0 atom stereocenters. The summed E-state index contributed by atoms with van der Waals surface area (Å²) in [6.45, 7) is 0.425. The number of ether oxygens (including phenoxy) is 1. The number of carbonyl (C=O) groups excluding carboxylic acids is 3. The summed E-state index contributed by atoms with van der Waals surface area (Å²) in [5.41, 5.74) is 1.54. The van der Waals surface area contributed by atoms with Gasteiger partial charge in [-0.3, -0.25) is 14.4 Å². The lowest BCUT2D eigenvalue weighted by molar-refractivity contribution is -0.118. The Morgan fingerprint density at radius 1 is 0.750 bits per heavy atom. The van der Waals surface area contributed by atoms with Crippen molar-refractivity contribution in [1.82, 2.24) is 10.6 Å². The third kappa shape index (κ3) is 7.14. The molecule has 3 rings (SSSR count). The molecule has 0 saturated carbocycles. The van der Waals surface area contributed by atoms with Crippen molar-refractivity contribution in [2.75, 3.05) is 25.0 Å². The molecule has 0 unspecified atom stereocenters. The highest BCUT2D eigenvalue weighted by atomic mass is 35.5. The average molecular weight is 452 g/mol. The molecule has 0 aliphatic heterocycles. The maximum Gasteiger partial charge on any atom is 0.262 e. The van der Waals surface area contributed by atoms with Crippen LogP contribution in [0.1, 0.15) is 20.7 Å². The quantitative estimate of drug-likeness (QED) is 0.434. The highest BCUT2D eigenvalue weighted by Gasteiger charge is 2.08. The van der Waals surface area contributed by atoms with Crippen molar-refractivity contribution in [1.29, 1.82) is 0 Å². The van der Waals surface area contributed by atoms with E-state index in [9.17, 15) is 14.4 Å². The lowest BCUT2D eigenvalue weighted by Crippen LogP contribution is -2.34. The molecule has 0 aliphatic rings. The van der Waals surface area contributed by atoms with E-state index >= 15 is 0 Å². The van der Waals surface area contributed by atoms with Crippen molar-refractivity contribution in [2.24, 2.45) is 0 Å². The molecule has 0 fully saturated rings. The van der Waals surface area contributed by atoms with Crippen molar-refractivity contribution < 1.29 is 19.1 Å². The summed E-state index contributed by atoms with van der Waals surface area (Å²) < 4.78 is 5.39. The predicted octanol–water partition coefficient (Wildman–Crippen LogP) is 3.52. The molecule has 7 nitrogen and oxygen atoms in total. The molecule has 0 heterocycles. The van der Waals surface area contributed by atoms with E-state index in [2.05, 4.69) is 16.0 Å². The third-order valence-corrected chi connectivity index (χ3v) is 4.56. The van der Waals surface area contributed by atoms with Crippen LogP contribution in [0.4, 0.5) is 5.69 Å². The van der Waals surface area contributed by atoms with Gasteiger partial charge in [0.25, 0.3) is 17.7 Å². The maximum absolute atomic E-state index is 12.2. The minimum Gasteiger partial charge on any atom is -0.484 e. The van der Waals surface area contributed by atoms with Crippen LogP contribution in [0.5, 0.6) is 5.75 Å². The summed E-state index contributed by atoms with van der Waals surface area (Å²) in [6, 6.07) is 22.1. The second kappa shape index (κ2) is 11.5. The lowest BCUT2D eigenvalue weighted by Gasteiger charge is -2.09. The van der Waals surface area contributed by atoms with Crippen LogP contribution in [-0.4, -0.2) is 37.4 Å². The summed E-state index contributed by atoms with van der Waals surface area (Å²) in [5, 5.41) is 8.70. The molecule has 32 heavy (non-hydrogen) atoms. The fourth-order valence-electron chi connectivity index (χ4n) is 2.75. The zero-order valence-electron chi connectivity index (χ0n) is 17.1. The average Bonchev–Trinajstić information content (AvgIpc) is 2.81. The number of benzene rings is 3. The van der Waals surface area contributed by atoms with E-state index in [1.54, 1.807) is 72.8 Å². The van der Waals surface area contributed by atoms with E-state index in [1.807, 2.05) is 6.07 Å².